The number of sulfonamides is 1. The van der Waals surface area contributed by atoms with Crippen molar-refractivity contribution < 1.29 is 17.9 Å². The van der Waals surface area contributed by atoms with Gasteiger partial charge in [0, 0.05) is 24.7 Å². The molecule has 0 atom stereocenters. The number of hydrogen-bond acceptors (Lipinski definition) is 4. The van der Waals surface area contributed by atoms with Gasteiger partial charge < -0.3 is 9.64 Å². The zero-order valence-electron chi connectivity index (χ0n) is 13.8. The number of nitrogens with zero attached hydrogens (tertiary/aromatic N) is 1. The standard InChI is InChI=1S/C16H24N2O4S/c1-4-22-14-8-7-13(16(19)18-9-5-6-10-18)11-15(14)23(20,21)17-12(2)3/h7-8,11-12,17H,4-6,9-10H2,1-3H3. The minimum atomic E-state index is -3.74. The number of nitrogens with one attached hydrogen (secondary N) is 1. The number of benzene rings is 1. The number of carbonyl (C=O) groups excluding carboxylic acids is 1. The first kappa shape index (κ1) is 17.7. The minimum absolute atomic E-state index is 0.0121. The van der Waals surface area contributed by atoms with Crippen molar-refractivity contribution in [2.24, 2.45) is 0 Å². The lowest BCUT2D eigenvalue weighted by Crippen LogP contribution is -2.31. The Bertz CT molecular complexity index is 665. The van der Waals surface area contributed by atoms with E-state index in [1.54, 1.807) is 37.8 Å². The third-order valence-electron chi connectivity index (χ3n) is 3.56. The summed E-state index contributed by atoms with van der Waals surface area (Å²) in [6.45, 7) is 7.07. The second-order valence-electron chi connectivity index (χ2n) is 5.87. The Morgan fingerprint density at radius 2 is 1.96 bits per heavy atom. The molecule has 0 radical (unpaired) electrons. The molecule has 2 rings (SSSR count). The SMILES string of the molecule is CCOc1ccc(C(=O)N2CCCC2)cc1S(=O)(=O)NC(C)C. The molecule has 0 aromatic heterocycles. The minimum Gasteiger partial charge on any atom is -0.492 e. The molecule has 0 saturated carbocycles. The third kappa shape index (κ3) is 4.23. The molecule has 1 amide bonds. The Kier molecular flexibility index (Phi) is 5.64. The lowest BCUT2D eigenvalue weighted by molar-refractivity contribution is 0.0792. The highest BCUT2D eigenvalue weighted by atomic mass is 32.2. The second-order valence-corrected chi connectivity index (χ2v) is 7.55. The summed E-state index contributed by atoms with van der Waals surface area (Å²) in [6, 6.07) is 4.35. The summed E-state index contributed by atoms with van der Waals surface area (Å²) in [5.74, 6) is 0.130. The largest absolute Gasteiger partial charge is 0.492 e. The zero-order chi connectivity index (χ0) is 17.0. The van der Waals surface area contributed by atoms with Crippen molar-refractivity contribution in [3.63, 3.8) is 0 Å². The van der Waals surface area contributed by atoms with Crippen molar-refractivity contribution in [2.45, 2.75) is 44.6 Å². The molecule has 1 aliphatic rings. The zero-order valence-corrected chi connectivity index (χ0v) is 14.6. The fourth-order valence-corrected chi connectivity index (χ4v) is 4.02. The number of ether oxygens (including phenoxy) is 1. The van der Waals surface area contributed by atoms with E-state index in [2.05, 4.69) is 4.72 Å². The van der Waals surface area contributed by atoms with Gasteiger partial charge in [-0.15, -0.1) is 0 Å². The van der Waals surface area contributed by atoms with Crippen LogP contribution in [-0.2, 0) is 10.0 Å². The molecular formula is C16H24N2O4S. The van der Waals surface area contributed by atoms with E-state index in [1.807, 2.05) is 0 Å². The summed E-state index contributed by atoms with van der Waals surface area (Å²) in [7, 11) is -3.74. The van der Waals surface area contributed by atoms with E-state index in [1.165, 1.54) is 6.07 Å². The van der Waals surface area contributed by atoms with E-state index in [9.17, 15) is 13.2 Å². The molecule has 23 heavy (non-hydrogen) atoms. The predicted molar refractivity (Wildman–Crippen MR) is 88.2 cm³/mol. The van der Waals surface area contributed by atoms with Crippen molar-refractivity contribution in [1.82, 2.24) is 9.62 Å². The Hall–Kier alpha value is -1.60. The highest BCUT2D eigenvalue weighted by Crippen LogP contribution is 2.26. The molecule has 6 nitrogen and oxygen atoms in total. The lowest BCUT2D eigenvalue weighted by Gasteiger charge is -2.18. The first-order valence-electron chi connectivity index (χ1n) is 7.93. The Morgan fingerprint density at radius 1 is 1.30 bits per heavy atom. The van der Waals surface area contributed by atoms with Gasteiger partial charge in [0.05, 0.1) is 6.61 Å². The van der Waals surface area contributed by atoms with Crippen LogP contribution in [0.2, 0.25) is 0 Å². The molecule has 0 spiro atoms. The van der Waals surface area contributed by atoms with Crippen molar-refractivity contribution in [3.8, 4) is 5.75 Å². The number of carbonyl (C=O) groups is 1. The van der Waals surface area contributed by atoms with Crippen LogP contribution in [0.3, 0.4) is 0 Å². The summed E-state index contributed by atoms with van der Waals surface area (Å²) in [4.78, 5) is 14.3. The van der Waals surface area contributed by atoms with Crippen LogP contribution in [0.1, 0.15) is 44.0 Å². The average Bonchev–Trinajstić information content (AvgIpc) is 3.00. The van der Waals surface area contributed by atoms with E-state index in [0.717, 1.165) is 25.9 Å². The third-order valence-corrected chi connectivity index (χ3v) is 5.24. The number of amides is 1. The van der Waals surface area contributed by atoms with E-state index < -0.39 is 10.0 Å². The molecule has 7 heteroatoms. The van der Waals surface area contributed by atoms with Gasteiger partial charge in [0.25, 0.3) is 5.91 Å². The second kappa shape index (κ2) is 7.31. The molecular weight excluding hydrogens is 316 g/mol. The maximum Gasteiger partial charge on any atom is 0.253 e. The normalized spacial score (nSPS) is 15.2. The van der Waals surface area contributed by atoms with Gasteiger partial charge in [-0.25, -0.2) is 13.1 Å². The van der Waals surface area contributed by atoms with Crippen LogP contribution in [-0.4, -0.2) is 45.0 Å². The van der Waals surface area contributed by atoms with E-state index in [4.69, 9.17) is 4.74 Å². The predicted octanol–water partition coefficient (Wildman–Crippen LogP) is 2.01. The van der Waals surface area contributed by atoms with Crippen molar-refractivity contribution in [3.05, 3.63) is 23.8 Å². The van der Waals surface area contributed by atoms with Crippen LogP contribution >= 0.6 is 0 Å². The van der Waals surface area contributed by atoms with Gasteiger partial charge >= 0.3 is 0 Å². The van der Waals surface area contributed by atoms with Gasteiger partial charge in [0.1, 0.15) is 10.6 Å². The van der Waals surface area contributed by atoms with Gasteiger partial charge in [-0.2, -0.15) is 0 Å². The molecule has 1 aromatic carbocycles. The molecule has 1 fully saturated rings. The highest BCUT2D eigenvalue weighted by Gasteiger charge is 2.25. The number of hydrogen-bond donors (Lipinski definition) is 1. The van der Waals surface area contributed by atoms with E-state index in [0.29, 0.717) is 12.2 Å². The molecule has 1 N–H and O–H groups in total. The molecule has 0 bridgehead atoms. The van der Waals surface area contributed by atoms with Crippen molar-refractivity contribution in [2.75, 3.05) is 19.7 Å². The van der Waals surface area contributed by atoms with Crippen LogP contribution in [0, 0.1) is 0 Å². The van der Waals surface area contributed by atoms with Gasteiger partial charge in [-0.1, -0.05) is 0 Å². The van der Waals surface area contributed by atoms with Gasteiger partial charge in [0.15, 0.2) is 0 Å². The number of likely N-dealkylation sites (tertiary alicyclic amines) is 1. The highest BCUT2D eigenvalue weighted by molar-refractivity contribution is 7.89. The lowest BCUT2D eigenvalue weighted by atomic mass is 10.2. The van der Waals surface area contributed by atoms with Gasteiger partial charge in [0.2, 0.25) is 10.0 Å². The fraction of sp³-hybridized carbons (Fsp3) is 0.562. The molecule has 1 saturated heterocycles. The Labute approximate surface area is 137 Å². The molecule has 1 aromatic rings. The summed E-state index contributed by atoms with van der Waals surface area (Å²) in [6.07, 6.45) is 1.98. The quantitative estimate of drug-likeness (QED) is 0.859. The van der Waals surface area contributed by atoms with Crippen LogP contribution in [0.15, 0.2) is 23.1 Å². The monoisotopic (exact) mass is 340 g/mol. The van der Waals surface area contributed by atoms with E-state index >= 15 is 0 Å². The Morgan fingerprint density at radius 3 is 2.52 bits per heavy atom. The van der Waals surface area contributed by atoms with Crippen LogP contribution in [0.25, 0.3) is 0 Å². The summed E-state index contributed by atoms with van der Waals surface area (Å²) in [5, 5.41) is 0. The summed E-state index contributed by atoms with van der Waals surface area (Å²) >= 11 is 0. The molecule has 0 aliphatic carbocycles. The van der Waals surface area contributed by atoms with Crippen LogP contribution < -0.4 is 9.46 Å². The molecule has 0 unspecified atom stereocenters. The number of rotatable bonds is 6. The van der Waals surface area contributed by atoms with Crippen LogP contribution in [0.4, 0.5) is 0 Å². The molecule has 128 valence electrons. The topological polar surface area (TPSA) is 75.7 Å². The summed E-state index contributed by atoms with van der Waals surface area (Å²) < 4.78 is 33.0. The maximum atomic E-state index is 12.5. The van der Waals surface area contributed by atoms with Gasteiger partial charge in [-0.05, 0) is 51.8 Å². The van der Waals surface area contributed by atoms with Crippen LogP contribution in [0.5, 0.6) is 5.75 Å². The molecule has 1 heterocycles. The smallest absolute Gasteiger partial charge is 0.253 e. The first-order chi connectivity index (χ1) is 10.8. The fourth-order valence-electron chi connectivity index (χ4n) is 2.60. The van der Waals surface area contributed by atoms with Gasteiger partial charge in [-0.3, -0.25) is 4.79 Å². The van der Waals surface area contributed by atoms with Crippen molar-refractivity contribution >= 4 is 15.9 Å². The maximum absolute atomic E-state index is 12.5. The van der Waals surface area contributed by atoms with Crippen molar-refractivity contribution in [1.29, 1.82) is 0 Å². The summed E-state index contributed by atoms with van der Waals surface area (Å²) in [5.41, 5.74) is 0.375. The average molecular weight is 340 g/mol. The first-order valence-corrected chi connectivity index (χ1v) is 9.42. The Balaban J connectivity index is 2.41. The van der Waals surface area contributed by atoms with E-state index in [-0.39, 0.29) is 22.6 Å². The molecule has 1 aliphatic heterocycles.